The number of rotatable bonds is 6. The van der Waals surface area contributed by atoms with Crippen LogP contribution in [0.2, 0.25) is 0 Å². The molecular formula is C13H20N2O3. The van der Waals surface area contributed by atoms with Crippen LogP contribution in [0.4, 0.5) is 5.69 Å². The number of nitrogens with zero attached hydrogens (tertiary/aromatic N) is 1. The fourth-order valence-electron chi connectivity index (χ4n) is 2.21. The van der Waals surface area contributed by atoms with E-state index in [4.69, 9.17) is 4.74 Å². The molecule has 5 nitrogen and oxygen atoms in total. The van der Waals surface area contributed by atoms with Crippen LogP contribution in [0.5, 0.6) is 5.75 Å². The van der Waals surface area contributed by atoms with Crippen molar-refractivity contribution in [3.05, 3.63) is 33.9 Å². The van der Waals surface area contributed by atoms with Crippen LogP contribution in [0.1, 0.15) is 31.7 Å². The molecule has 0 aliphatic rings. The number of nitro benzene ring substituents is 1. The van der Waals surface area contributed by atoms with E-state index in [-0.39, 0.29) is 22.6 Å². The lowest BCUT2D eigenvalue weighted by Crippen LogP contribution is -2.30. The van der Waals surface area contributed by atoms with E-state index < -0.39 is 0 Å². The van der Waals surface area contributed by atoms with Gasteiger partial charge in [0, 0.05) is 23.6 Å². The zero-order valence-electron chi connectivity index (χ0n) is 11.3. The molecule has 0 aliphatic heterocycles. The van der Waals surface area contributed by atoms with Gasteiger partial charge in [-0.2, -0.15) is 0 Å². The maximum Gasteiger partial charge on any atom is 0.273 e. The SMILES string of the molecule is CCC(NC)C(C)c1cc(OC)ccc1[N+](=O)[O-]. The van der Waals surface area contributed by atoms with E-state index in [9.17, 15) is 10.1 Å². The first-order valence-electron chi connectivity index (χ1n) is 6.04. The Bertz CT molecular complexity index is 417. The molecule has 0 radical (unpaired) electrons. The summed E-state index contributed by atoms with van der Waals surface area (Å²) in [5, 5.41) is 14.3. The Labute approximate surface area is 107 Å². The number of nitrogens with one attached hydrogen (secondary N) is 1. The molecule has 18 heavy (non-hydrogen) atoms. The van der Waals surface area contributed by atoms with Gasteiger partial charge in [-0.3, -0.25) is 10.1 Å². The Morgan fingerprint density at radius 1 is 1.50 bits per heavy atom. The van der Waals surface area contributed by atoms with Gasteiger partial charge in [-0.25, -0.2) is 0 Å². The van der Waals surface area contributed by atoms with E-state index >= 15 is 0 Å². The zero-order chi connectivity index (χ0) is 13.7. The molecule has 1 N–H and O–H groups in total. The zero-order valence-corrected chi connectivity index (χ0v) is 11.3. The predicted molar refractivity (Wildman–Crippen MR) is 71.2 cm³/mol. The molecule has 0 saturated carbocycles. The fraction of sp³-hybridized carbons (Fsp3) is 0.538. The lowest BCUT2D eigenvalue weighted by atomic mass is 9.90. The molecule has 0 aliphatic carbocycles. The number of hydrogen-bond acceptors (Lipinski definition) is 4. The summed E-state index contributed by atoms with van der Waals surface area (Å²) in [7, 11) is 3.43. The predicted octanol–water partition coefficient (Wildman–Crippen LogP) is 2.70. The van der Waals surface area contributed by atoms with E-state index in [0.717, 1.165) is 6.42 Å². The number of nitro groups is 1. The van der Waals surface area contributed by atoms with Gasteiger partial charge >= 0.3 is 0 Å². The van der Waals surface area contributed by atoms with Crippen LogP contribution in [-0.2, 0) is 0 Å². The highest BCUT2D eigenvalue weighted by molar-refractivity contribution is 5.47. The highest BCUT2D eigenvalue weighted by Crippen LogP contribution is 2.32. The minimum absolute atomic E-state index is 0.0514. The average Bonchev–Trinajstić information content (AvgIpc) is 2.39. The fourth-order valence-corrected chi connectivity index (χ4v) is 2.21. The molecule has 0 bridgehead atoms. The lowest BCUT2D eigenvalue weighted by molar-refractivity contribution is -0.385. The summed E-state index contributed by atoms with van der Waals surface area (Å²) in [5.41, 5.74) is 0.859. The Hall–Kier alpha value is -1.62. The van der Waals surface area contributed by atoms with E-state index in [0.29, 0.717) is 11.3 Å². The third-order valence-corrected chi connectivity index (χ3v) is 3.34. The largest absolute Gasteiger partial charge is 0.497 e. The molecule has 0 saturated heterocycles. The Morgan fingerprint density at radius 3 is 2.61 bits per heavy atom. The molecule has 100 valence electrons. The van der Waals surface area contributed by atoms with Gasteiger partial charge < -0.3 is 10.1 Å². The van der Waals surface area contributed by atoms with Gasteiger partial charge in [-0.15, -0.1) is 0 Å². The molecule has 0 spiro atoms. The maximum atomic E-state index is 11.1. The number of benzene rings is 1. The molecule has 1 rings (SSSR count). The van der Waals surface area contributed by atoms with Crippen LogP contribution >= 0.6 is 0 Å². The number of hydrogen-bond donors (Lipinski definition) is 1. The molecular weight excluding hydrogens is 232 g/mol. The first-order valence-corrected chi connectivity index (χ1v) is 6.04. The third-order valence-electron chi connectivity index (χ3n) is 3.34. The van der Waals surface area contributed by atoms with Gasteiger partial charge in [0.05, 0.1) is 12.0 Å². The summed E-state index contributed by atoms with van der Waals surface area (Å²) in [4.78, 5) is 10.7. The molecule has 0 heterocycles. The van der Waals surface area contributed by atoms with Crippen molar-refractivity contribution in [1.82, 2.24) is 5.32 Å². The van der Waals surface area contributed by atoms with Crippen LogP contribution in [0.25, 0.3) is 0 Å². The standard InChI is InChI=1S/C13H20N2O3/c1-5-12(14-3)9(2)11-8-10(18-4)6-7-13(11)15(16)17/h6-9,12,14H,5H2,1-4H3. The average molecular weight is 252 g/mol. The summed E-state index contributed by atoms with van der Waals surface area (Å²) in [5.74, 6) is 0.698. The minimum atomic E-state index is -0.340. The smallest absolute Gasteiger partial charge is 0.273 e. The van der Waals surface area contributed by atoms with Gasteiger partial charge in [0.1, 0.15) is 5.75 Å². The van der Waals surface area contributed by atoms with Crippen LogP contribution in [0, 0.1) is 10.1 Å². The van der Waals surface area contributed by atoms with E-state index in [1.54, 1.807) is 19.2 Å². The number of methoxy groups -OCH3 is 1. The second-order valence-corrected chi connectivity index (χ2v) is 4.27. The highest BCUT2D eigenvalue weighted by Gasteiger charge is 2.24. The maximum absolute atomic E-state index is 11.1. The van der Waals surface area contributed by atoms with E-state index in [1.807, 2.05) is 14.0 Å². The van der Waals surface area contributed by atoms with E-state index in [1.165, 1.54) is 6.07 Å². The van der Waals surface area contributed by atoms with Crippen molar-refractivity contribution in [2.24, 2.45) is 0 Å². The first kappa shape index (κ1) is 14.4. The molecule has 0 aromatic heterocycles. The van der Waals surface area contributed by atoms with Crippen LogP contribution in [0.15, 0.2) is 18.2 Å². The highest BCUT2D eigenvalue weighted by atomic mass is 16.6. The van der Waals surface area contributed by atoms with Crippen molar-refractivity contribution in [2.45, 2.75) is 32.2 Å². The van der Waals surface area contributed by atoms with Crippen molar-refractivity contribution in [3.8, 4) is 5.75 Å². The topological polar surface area (TPSA) is 64.4 Å². The summed E-state index contributed by atoms with van der Waals surface area (Å²) in [6.07, 6.45) is 0.909. The summed E-state index contributed by atoms with van der Waals surface area (Å²) < 4.78 is 5.14. The molecule has 0 amide bonds. The molecule has 0 fully saturated rings. The quantitative estimate of drug-likeness (QED) is 0.624. The molecule has 2 unspecified atom stereocenters. The number of likely N-dealkylation sites (N-methyl/N-ethyl adjacent to an activating group) is 1. The monoisotopic (exact) mass is 252 g/mol. The van der Waals surface area contributed by atoms with Crippen molar-refractivity contribution >= 4 is 5.69 Å². The summed E-state index contributed by atoms with van der Waals surface area (Å²) in [6, 6.07) is 5.08. The van der Waals surface area contributed by atoms with Crippen molar-refractivity contribution < 1.29 is 9.66 Å². The Kier molecular flexibility index (Phi) is 5.09. The summed E-state index contributed by atoms with van der Waals surface area (Å²) in [6.45, 7) is 4.05. The van der Waals surface area contributed by atoms with Crippen molar-refractivity contribution in [3.63, 3.8) is 0 Å². The Balaban J connectivity index is 3.21. The first-order chi connectivity index (χ1) is 8.54. The molecule has 1 aromatic carbocycles. The van der Waals surface area contributed by atoms with Gasteiger partial charge in [0.15, 0.2) is 0 Å². The molecule has 5 heteroatoms. The van der Waals surface area contributed by atoms with Gasteiger partial charge in [-0.05, 0) is 25.6 Å². The van der Waals surface area contributed by atoms with Crippen LogP contribution in [-0.4, -0.2) is 25.1 Å². The second kappa shape index (κ2) is 6.35. The van der Waals surface area contributed by atoms with E-state index in [2.05, 4.69) is 12.2 Å². The third kappa shape index (κ3) is 2.98. The van der Waals surface area contributed by atoms with Gasteiger partial charge in [-0.1, -0.05) is 13.8 Å². The van der Waals surface area contributed by atoms with Crippen molar-refractivity contribution in [1.29, 1.82) is 0 Å². The van der Waals surface area contributed by atoms with Crippen LogP contribution < -0.4 is 10.1 Å². The molecule has 2 atom stereocenters. The molecule has 1 aromatic rings. The normalized spacial score (nSPS) is 14.0. The van der Waals surface area contributed by atoms with Crippen LogP contribution in [0.3, 0.4) is 0 Å². The summed E-state index contributed by atoms with van der Waals surface area (Å²) >= 11 is 0. The van der Waals surface area contributed by atoms with Crippen molar-refractivity contribution in [2.75, 3.05) is 14.2 Å². The van der Waals surface area contributed by atoms with Gasteiger partial charge in [0.2, 0.25) is 0 Å². The lowest BCUT2D eigenvalue weighted by Gasteiger charge is -2.22. The Morgan fingerprint density at radius 2 is 2.17 bits per heavy atom. The minimum Gasteiger partial charge on any atom is -0.497 e. The number of ether oxygens (including phenoxy) is 1. The van der Waals surface area contributed by atoms with Gasteiger partial charge in [0.25, 0.3) is 5.69 Å². The second-order valence-electron chi connectivity index (χ2n) is 4.27.